The van der Waals surface area contributed by atoms with Crippen molar-refractivity contribution in [2.75, 3.05) is 6.61 Å². The number of amides is 1. The number of rotatable bonds is 55. The molecule has 3 unspecified atom stereocenters. The molecule has 0 saturated heterocycles. The van der Waals surface area contributed by atoms with Gasteiger partial charge in [-0.05, 0) is 64.2 Å². The second kappa shape index (κ2) is 56.0. The van der Waals surface area contributed by atoms with E-state index >= 15 is 0 Å². The van der Waals surface area contributed by atoms with E-state index in [-0.39, 0.29) is 24.9 Å². The first kappa shape index (κ1) is 66.1. The van der Waals surface area contributed by atoms with Gasteiger partial charge in [0.15, 0.2) is 0 Å². The monoisotopic (exact) mass is 956 g/mol. The lowest BCUT2D eigenvalue weighted by molar-refractivity contribution is -0.151. The highest BCUT2D eigenvalue weighted by molar-refractivity contribution is 5.77. The number of ether oxygens (including phenoxy) is 1. The molecule has 6 heteroatoms. The fourth-order valence-corrected chi connectivity index (χ4v) is 9.38. The Bertz CT molecular complexity index is 1120. The Kier molecular flexibility index (Phi) is 54.4. The Morgan fingerprint density at radius 2 is 0.750 bits per heavy atom. The average Bonchev–Trinajstić information content (AvgIpc) is 3.33. The molecule has 6 nitrogen and oxygen atoms in total. The third-order valence-corrected chi connectivity index (χ3v) is 14.0. The van der Waals surface area contributed by atoms with E-state index in [1.165, 1.54) is 199 Å². The summed E-state index contributed by atoms with van der Waals surface area (Å²) in [5, 5.41) is 23.9. The van der Waals surface area contributed by atoms with Gasteiger partial charge in [0.1, 0.15) is 6.10 Å². The van der Waals surface area contributed by atoms with Gasteiger partial charge >= 0.3 is 5.97 Å². The van der Waals surface area contributed by atoms with Crippen LogP contribution >= 0.6 is 0 Å². The van der Waals surface area contributed by atoms with Crippen molar-refractivity contribution in [1.82, 2.24) is 5.32 Å². The maximum Gasteiger partial charge on any atom is 0.306 e. The molecule has 0 aromatic heterocycles. The maximum atomic E-state index is 13.3. The number of aliphatic hydroxyl groups excluding tert-OH is 2. The van der Waals surface area contributed by atoms with Crippen LogP contribution in [0.15, 0.2) is 36.5 Å². The Labute approximate surface area is 424 Å². The van der Waals surface area contributed by atoms with Crippen LogP contribution in [0.1, 0.15) is 323 Å². The second-order valence-electron chi connectivity index (χ2n) is 20.8. The fourth-order valence-electron chi connectivity index (χ4n) is 9.38. The minimum Gasteiger partial charge on any atom is -0.462 e. The van der Waals surface area contributed by atoms with Crippen LogP contribution in [-0.4, -0.2) is 46.9 Å². The SMILES string of the molecule is CCCCC/C=C\C/C=C\C/C=C\CCCCCCC(CC(=O)NC(CO)C(O)CCCCCCCCCCCCCCCCC)OC(=O)CCCCCCCCCCCCCCCCCCC. The summed E-state index contributed by atoms with van der Waals surface area (Å²) in [6.45, 7) is 6.49. The lowest BCUT2D eigenvalue weighted by Gasteiger charge is -2.24. The molecule has 0 fully saturated rings. The van der Waals surface area contributed by atoms with E-state index in [9.17, 15) is 19.8 Å². The summed E-state index contributed by atoms with van der Waals surface area (Å²) in [6.07, 6.45) is 67.8. The number of unbranched alkanes of at least 4 members (excludes halogenated alkanes) is 37. The van der Waals surface area contributed by atoms with Gasteiger partial charge in [-0.2, -0.15) is 0 Å². The zero-order valence-corrected chi connectivity index (χ0v) is 45.8. The number of esters is 1. The zero-order chi connectivity index (χ0) is 49.5. The molecule has 400 valence electrons. The molecule has 0 aliphatic heterocycles. The minimum absolute atomic E-state index is 0.0673. The maximum absolute atomic E-state index is 13.3. The summed E-state index contributed by atoms with van der Waals surface area (Å²) in [6, 6.07) is -0.707. The van der Waals surface area contributed by atoms with Gasteiger partial charge in [0.05, 0.1) is 25.2 Å². The third kappa shape index (κ3) is 50.5. The summed E-state index contributed by atoms with van der Waals surface area (Å²) in [7, 11) is 0. The van der Waals surface area contributed by atoms with Crippen molar-refractivity contribution in [2.45, 2.75) is 341 Å². The van der Waals surface area contributed by atoms with Crippen LogP contribution in [0.4, 0.5) is 0 Å². The molecule has 3 N–H and O–H groups in total. The molecule has 68 heavy (non-hydrogen) atoms. The predicted octanol–water partition coefficient (Wildman–Crippen LogP) is 18.8. The normalized spacial score (nSPS) is 13.3. The van der Waals surface area contributed by atoms with Gasteiger partial charge in [0.2, 0.25) is 5.91 Å². The highest BCUT2D eigenvalue weighted by Gasteiger charge is 2.24. The molecule has 0 aliphatic rings. The lowest BCUT2D eigenvalue weighted by atomic mass is 10.0. The first-order valence-corrected chi connectivity index (χ1v) is 30.2. The highest BCUT2D eigenvalue weighted by atomic mass is 16.5. The summed E-state index contributed by atoms with van der Waals surface area (Å²) in [4.78, 5) is 26.3. The smallest absolute Gasteiger partial charge is 0.306 e. The van der Waals surface area contributed by atoms with Crippen molar-refractivity contribution in [3.05, 3.63) is 36.5 Å². The molecule has 0 bridgehead atoms. The largest absolute Gasteiger partial charge is 0.462 e. The molecule has 0 rings (SSSR count). The molecule has 0 aromatic rings. The quantitative estimate of drug-likeness (QED) is 0.0321. The van der Waals surface area contributed by atoms with Crippen molar-refractivity contribution in [2.24, 2.45) is 0 Å². The van der Waals surface area contributed by atoms with Crippen LogP contribution in [0.3, 0.4) is 0 Å². The molecule has 0 radical (unpaired) electrons. The van der Waals surface area contributed by atoms with E-state index in [0.717, 1.165) is 77.0 Å². The minimum atomic E-state index is -0.793. The first-order valence-electron chi connectivity index (χ1n) is 30.2. The van der Waals surface area contributed by atoms with E-state index in [1.54, 1.807) is 0 Å². The van der Waals surface area contributed by atoms with E-state index < -0.39 is 18.2 Å². The zero-order valence-electron chi connectivity index (χ0n) is 45.8. The molecular weight excluding hydrogens is 839 g/mol. The standard InChI is InChI=1S/C62H117NO5/c1-4-7-10-13-16-19-22-25-28-30-33-35-38-41-44-47-50-53-58(68-62(67)55-52-49-46-43-40-37-34-31-29-26-23-20-17-14-11-8-5-2)56-61(66)63-59(57-64)60(65)54-51-48-45-42-39-36-32-27-24-21-18-15-12-9-6-3/h16,19,25,28,33,35,58-60,64-65H,4-15,17-18,20-24,26-27,29-32,34,36-57H2,1-3H3,(H,63,66)/b19-16-,28-25-,35-33-. The van der Waals surface area contributed by atoms with Crippen LogP contribution in [0, 0.1) is 0 Å². The molecule has 0 saturated carbocycles. The molecule has 0 spiro atoms. The van der Waals surface area contributed by atoms with Crippen molar-refractivity contribution in [1.29, 1.82) is 0 Å². The predicted molar refractivity (Wildman–Crippen MR) is 296 cm³/mol. The van der Waals surface area contributed by atoms with Crippen molar-refractivity contribution >= 4 is 11.9 Å². The van der Waals surface area contributed by atoms with Crippen molar-refractivity contribution in [3.63, 3.8) is 0 Å². The molecule has 0 aliphatic carbocycles. The Morgan fingerprint density at radius 3 is 1.16 bits per heavy atom. The second-order valence-corrected chi connectivity index (χ2v) is 20.8. The van der Waals surface area contributed by atoms with Crippen LogP contribution in [0.5, 0.6) is 0 Å². The van der Waals surface area contributed by atoms with Gasteiger partial charge in [0, 0.05) is 6.42 Å². The van der Waals surface area contributed by atoms with Crippen molar-refractivity contribution in [3.8, 4) is 0 Å². The van der Waals surface area contributed by atoms with Crippen LogP contribution < -0.4 is 5.32 Å². The van der Waals surface area contributed by atoms with Gasteiger partial charge in [-0.3, -0.25) is 9.59 Å². The fraction of sp³-hybridized carbons (Fsp3) is 0.871. The molecule has 0 heterocycles. The third-order valence-electron chi connectivity index (χ3n) is 14.0. The summed E-state index contributed by atoms with van der Waals surface area (Å²) in [5.74, 6) is -0.477. The molecule has 1 amide bonds. The molecule has 0 aromatic carbocycles. The van der Waals surface area contributed by atoms with Gasteiger partial charge in [-0.15, -0.1) is 0 Å². The molecular formula is C62H117NO5. The van der Waals surface area contributed by atoms with Crippen LogP contribution in [-0.2, 0) is 14.3 Å². The number of hydrogen-bond donors (Lipinski definition) is 3. The average molecular weight is 957 g/mol. The molecule has 3 atom stereocenters. The topological polar surface area (TPSA) is 95.9 Å². The van der Waals surface area contributed by atoms with Gasteiger partial charge in [-0.25, -0.2) is 0 Å². The lowest BCUT2D eigenvalue weighted by Crippen LogP contribution is -2.46. The van der Waals surface area contributed by atoms with Gasteiger partial charge in [-0.1, -0.05) is 282 Å². The number of aliphatic hydroxyl groups is 2. The first-order chi connectivity index (χ1) is 33.5. The van der Waals surface area contributed by atoms with Gasteiger partial charge in [0.25, 0.3) is 0 Å². The van der Waals surface area contributed by atoms with Crippen LogP contribution in [0.25, 0.3) is 0 Å². The Morgan fingerprint density at radius 1 is 0.426 bits per heavy atom. The number of carbonyl (C=O) groups is 2. The Balaban J connectivity index is 4.57. The van der Waals surface area contributed by atoms with E-state index in [2.05, 4.69) is 62.5 Å². The number of nitrogens with one attached hydrogen (secondary N) is 1. The van der Waals surface area contributed by atoms with Crippen molar-refractivity contribution < 1.29 is 24.5 Å². The Hall–Kier alpha value is -1.92. The highest BCUT2D eigenvalue weighted by Crippen LogP contribution is 2.19. The van der Waals surface area contributed by atoms with E-state index in [1.807, 2.05) is 0 Å². The number of hydrogen-bond acceptors (Lipinski definition) is 5. The summed E-state index contributed by atoms with van der Waals surface area (Å²) >= 11 is 0. The number of carbonyl (C=O) groups excluding carboxylic acids is 2. The van der Waals surface area contributed by atoms with Crippen LogP contribution in [0.2, 0.25) is 0 Å². The number of allylic oxidation sites excluding steroid dienone is 6. The summed E-state index contributed by atoms with van der Waals surface area (Å²) < 4.78 is 5.97. The van der Waals surface area contributed by atoms with E-state index in [4.69, 9.17) is 4.74 Å². The van der Waals surface area contributed by atoms with Gasteiger partial charge < -0.3 is 20.3 Å². The van der Waals surface area contributed by atoms with E-state index in [0.29, 0.717) is 19.3 Å². The summed E-state index contributed by atoms with van der Waals surface area (Å²) in [5.41, 5.74) is 0.